The van der Waals surface area contributed by atoms with Crippen LogP contribution < -0.4 is 33.7 Å². The Hall–Kier alpha value is -3.55. The second-order valence-electron chi connectivity index (χ2n) is 6.20. The Kier molecular flexibility index (Phi) is 8.87. The van der Waals surface area contributed by atoms with Gasteiger partial charge in [-0.15, -0.1) is 0 Å². The number of amides is 1. The topological polar surface area (TPSA) is 84.5 Å². The van der Waals surface area contributed by atoms with Crippen LogP contribution in [0.5, 0.6) is 34.5 Å². The summed E-state index contributed by atoms with van der Waals surface area (Å²) in [5.74, 6) is 2.86. The van der Waals surface area contributed by atoms with E-state index in [2.05, 4.69) is 5.32 Å². The molecule has 0 aliphatic heterocycles. The number of nitrogens with one attached hydrogen (secondary N) is 1. The lowest BCUT2D eigenvalue weighted by molar-refractivity contribution is -0.116. The van der Waals surface area contributed by atoms with Gasteiger partial charge in [0.1, 0.15) is 0 Å². The van der Waals surface area contributed by atoms with Crippen molar-refractivity contribution in [2.24, 2.45) is 0 Å². The number of hydrogen-bond acceptors (Lipinski definition) is 7. The van der Waals surface area contributed by atoms with Crippen molar-refractivity contribution < 1.29 is 33.2 Å². The molecule has 1 radical (unpaired) electrons. The van der Waals surface area contributed by atoms with Gasteiger partial charge in [-0.1, -0.05) is 0 Å². The number of hydrogen-bond donors (Lipinski definition) is 1. The molecule has 0 atom stereocenters. The van der Waals surface area contributed by atoms with Gasteiger partial charge in [0, 0.05) is 19.0 Å². The molecule has 0 spiro atoms. The Morgan fingerprint density at radius 1 is 0.710 bits per heavy atom. The first-order valence-corrected chi connectivity index (χ1v) is 9.40. The van der Waals surface area contributed by atoms with E-state index < -0.39 is 0 Å². The molecule has 0 heterocycles. The molecule has 0 fully saturated rings. The minimum atomic E-state index is -0.252. The van der Waals surface area contributed by atoms with Gasteiger partial charge in [0.25, 0.3) is 0 Å². The van der Waals surface area contributed by atoms with E-state index in [0.29, 0.717) is 41.0 Å². The van der Waals surface area contributed by atoms with Crippen molar-refractivity contribution in [1.82, 2.24) is 5.32 Å². The van der Waals surface area contributed by atoms with E-state index in [0.717, 1.165) is 11.1 Å². The molecule has 167 valence electrons. The van der Waals surface area contributed by atoms with Crippen LogP contribution >= 0.6 is 0 Å². The lowest BCUT2D eigenvalue weighted by Gasteiger charge is -2.14. The fraction of sp³-hybridized carbons (Fsp3) is 0.304. The maximum atomic E-state index is 12.2. The highest BCUT2D eigenvalue weighted by Gasteiger charge is 2.14. The first-order chi connectivity index (χ1) is 15.0. The summed E-state index contributed by atoms with van der Waals surface area (Å²) in [5, 5.41) is 2.80. The quantitative estimate of drug-likeness (QED) is 0.548. The summed E-state index contributed by atoms with van der Waals surface area (Å²) in [6.45, 7) is 0.317. The monoisotopic (exact) mass is 430 g/mol. The zero-order valence-corrected chi connectivity index (χ0v) is 18.6. The van der Waals surface area contributed by atoms with Crippen LogP contribution in [0, 0.1) is 6.42 Å². The molecule has 31 heavy (non-hydrogen) atoms. The third-order valence-corrected chi connectivity index (χ3v) is 4.42. The average Bonchev–Trinajstić information content (AvgIpc) is 2.80. The highest BCUT2D eigenvalue weighted by molar-refractivity contribution is 5.92. The molecule has 1 amide bonds. The Balaban J connectivity index is 2.02. The molecule has 2 rings (SSSR count). The fourth-order valence-corrected chi connectivity index (χ4v) is 2.92. The van der Waals surface area contributed by atoms with Crippen molar-refractivity contribution >= 4 is 12.0 Å². The standard InChI is InChI=1S/C23H28NO7/c1-26-17-11-15(12-18(27-2)22(17)30-5)7-8-21(25)24-10-9-16-13-19(28-3)23(31-6)20(14-16)29-4/h7-9,11-14H,10H2,1-6H3,(H,24,25)/b8-7+. The molecule has 0 bridgehead atoms. The number of carbonyl (C=O) groups is 1. The molecule has 0 unspecified atom stereocenters. The van der Waals surface area contributed by atoms with Gasteiger partial charge in [0.15, 0.2) is 23.0 Å². The number of methoxy groups -OCH3 is 6. The summed E-state index contributed by atoms with van der Waals surface area (Å²) in [6, 6.07) is 7.12. The van der Waals surface area contributed by atoms with Crippen LogP contribution in [0.15, 0.2) is 30.3 Å². The highest BCUT2D eigenvalue weighted by atomic mass is 16.5. The average molecular weight is 430 g/mol. The Morgan fingerprint density at radius 2 is 1.13 bits per heavy atom. The van der Waals surface area contributed by atoms with Gasteiger partial charge in [-0.3, -0.25) is 4.79 Å². The van der Waals surface area contributed by atoms with Crippen molar-refractivity contribution in [3.63, 3.8) is 0 Å². The normalized spacial score (nSPS) is 10.5. The largest absolute Gasteiger partial charge is 0.493 e. The van der Waals surface area contributed by atoms with Crippen molar-refractivity contribution in [3.05, 3.63) is 47.9 Å². The van der Waals surface area contributed by atoms with E-state index in [1.165, 1.54) is 27.4 Å². The van der Waals surface area contributed by atoms with Crippen LogP contribution in [0.1, 0.15) is 11.1 Å². The van der Waals surface area contributed by atoms with Crippen LogP contribution in [0.3, 0.4) is 0 Å². The van der Waals surface area contributed by atoms with Gasteiger partial charge in [-0.25, -0.2) is 0 Å². The fourth-order valence-electron chi connectivity index (χ4n) is 2.92. The number of benzene rings is 2. The molecule has 8 nitrogen and oxygen atoms in total. The van der Waals surface area contributed by atoms with Gasteiger partial charge >= 0.3 is 0 Å². The maximum Gasteiger partial charge on any atom is 0.244 e. The minimum Gasteiger partial charge on any atom is -0.493 e. The minimum absolute atomic E-state index is 0.252. The molecule has 0 aromatic heterocycles. The van der Waals surface area contributed by atoms with Crippen LogP contribution in [0.25, 0.3) is 6.08 Å². The first kappa shape index (κ1) is 23.7. The molecular formula is C23H28NO7. The summed E-state index contributed by atoms with van der Waals surface area (Å²) < 4.78 is 31.9. The SMILES string of the molecule is COc1cc([CH]CNC(=O)/C=C/c2cc(OC)c(OC)c(OC)c2)cc(OC)c1OC. The third-order valence-electron chi connectivity index (χ3n) is 4.42. The van der Waals surface area contributed by atoms with Crippen molar-refractivity contribution in [1.29, 1.82) is 0 Å². The maximum absolute atomic E-state index is 12.2. The second kappa shape index (κ2) is 11.6. The molecule has 0 aliphatic rings. The van der Waals surface area contributed by atoms with E-state index >= 15 is 0 Å². The lowest BCUT2D eigenvalue weighted by atomic mass is 10.1. The summed E-state index contributed by atoms with van der Waals surface area (Å²) in [6.07, 6.45) is 4.94. The molecule has 0 saturated heterocycles. The van der Waals surface area contributed by atoms with Crippen LogP contribution in [-0.4, -0.2) is 55.1 Å². The molecular weight excluding hydrogens is 402 g/mol. The van der Waals surface area contributed by atoms with Gasteiger partial charge in [-0.05, 0) is 41.5 Å². The van der Waals surface area contributed by atoms with Crippen LogP contribution in [0.2, 0.25) is 0 Å². The van der Waals surface area contributed by atoms with Crippen LogP contribution in [-0.2, 0) is 4.79 Å². The predicted octanol–water partition coefficient (Wildman–Crippen LogP) is 3.12. The first-order valence-electron chi connectivity index (χ1n) is 9.40. The molecule has 8 heteroatoms. The Labute approximate surface area is 182 Å². The molecule has 0 aliphatic carbocycles. The number of ether oxygens (including phenoxy) is 6. The van der Waals surface area contributed by atoms with E-state index in [9.17, 15) is 4.79 Å². The summed E-state index contributed by atoms with van der Waals surface area (Å²) in [4.78, 5) is 12.2. The zero-order chi connectivity index (χ0) is 22.8. The summed E-state index contributed by atoms with van der Waals surface area (Å²) >= 11 is 0. The second-order valence-corrected chi connectivity index (χ2v) is 6.20. The van der Waals surface area contributed by atoms with E-state index in [4.69, 9.17) is 28.4 Å². The highest BCUT2D eigenvalue weighted by Crippen LogP contribution is 2.39. The molecule has 1 N–H and O–H groups in total. The van der Waals surface area contributed by atoms with E-state index in [1.54, 1.807) is 51.7 Å². The van der Waals surface area contributed by atoms with Crippen molar-refractivity contribution in [3.8, 4) is 34.5 Å². The van der Waals surface area contributed by atoms with Gasteiger partial charge in [0.05, 0.1) is 42.7 Å². The van der Waals surface area contributed by atoms with E-state index in [-0.39, 0.29) is 5.91 Å². The van der Waals surface area contributed by atoms with Crippen LogP contribution in [0.4, 0.5) is 0 Å². The lowest BCUT2D eigenvalue weighted by Crippen LogP contribution is -2.22. The van der Waals surface area contributed by atoms with Gasteiger partial charge in [-0.2, -0.15) is 0 Å². The Morgan fingerprint density at radius 3 is 1.52 bits per heavy atom. The summed E-state index contributed by atoms with van der Waals surface area (Å²) in [7, 11) is 9.26. The molecule has 2 aromatic rings. The van der Waals surface area contributed by atoms with Crippen molar-refractivity contribution in [2.75, 3.05) is 49.2 Å². The number of rotatable bonds is 11. The van der Waals surface area contributed by atoms with E-state index in [1.807, 2.05) is 6.42 Å². The number of carbonyl (C=O) groups excluding carboxylic acids is 1. The zero-order valence-electron chi connectivity index (χ0n) is 18.6. The molecule has 0 saturated carbocycles. The summed E-state index contributed by atoms with van der Waals surface area (Å²) in [5.41, 5.74) is 1.56. The third kappa shape index (κ3) is 5.97. The predicted molar refractivity (Wildman–Crippen MR) is 118 cm³/mol. The van der Waals surface area contributed by atoms with Crippen molar-refractivity contribution in [2.45, 2.75) is 0 Å². The molecule has 2 aromatic carbocycles. The Bertz CT molecular complexity index is 874. The smallest absolute Gasteiger partial charge is 0.244 e. The van der Waals surface area contributed by atoms with Gasteiger partial charge in [0.2, 0.25) is 17.4 Å². The van der Waals surface area contributed by atoms with Gasteiger partial charge < -0.3 is 33.7 Å².